The molecule has 0 unspecified atom stereocenters. The van der Waals surface area contributed by atoms with Crippen LogP contribution < -0.4 is 0 Å². The van der Waals surface area contributed by atoms with Gasteiger partial charge in [-0.3, -0.25) is 0 Å². The van der Waals surface area contributed by atoms with Crippen molar-refractivity contribution in [3.8, 4) is 0 Å². The Morgan fingerprint density at radius 3 is 1.75 bits per heavy atom. The molecule has 4 aromatic heterocycles. The molecular weight excluding hydrogens is 661 g/mol. The SMILES string of the molecule is C1=CCc2c(oc3c2c(/C=C/c2cc4c(ccc5c6ccccc6sc54)c4oc5ccccc5c24)cc2c3ccc3c4ccccc4sc32)C=C1. The van der Waals surface area contributed by atoms with E-state index in [0.717, 1.165) is 61.6 Å². The van der Waals surface area contributed by atoms with Crippen LogP contribution in [0.5, 0.6) is 0 Å². The van der Waals surface area contributed by atoms with Gasteiger partial charge in [0, 0.05) is 83.6 Å². The Morgan fingerprint density at radius 1 is 0.490 bits per heavy atom. The van der Waals surface area contributed by atoms with Crippen LogP contribution >= 0.6 is 22.7 Å². The van der Waals surface area contributed by atoms with E-state index in [1.54, 1.807) is 0 Å². The molecule has 0 fully saturated rings. The molecule has 0 spiro atoms. The molecule has 7 aromatic carbocycles. The summed E-state index contributed by atoms with van der Waals surface area (Å²) in [6.45, 7) is 0. The monoisotopic (exact) mass is 686 g/mol. The first-order chi connectivity index (χ1) is 25.3. The lowest BCUT2D eigenvalue weighted by Gasteiger charge is -2.08. The van der Waals surface area contributed by atoms with Gasteiger partial charge in [-0.2, -0.15) is 0 Å². The lowest BCUT2D eigenvalue weighted by atomic mass is 9.95. The third kappa shape index (κ3) is 3.86. The summed E-state index contributed by atoms with van der Waals surface area (Å²) in [6, 6.07) is 39.7. The maximum Gasteiger partial charge on any atom is 0.143 e. The molecule has 0 amide bonds. The van der Waals surface area contributed by atoms with Crippen molar-refractivity contribution in [1.29, 1.82) is 0 Å². The van der Waals surface area contributed by atoms with E-state index in [9.17, 15) is 0 Å². The third-order valence-electron chi connectivity index (χ3n) is 10.7. The summed E-state index contributed by atoms with van der Waals surface area (Å²) in [4.78, 5) is 0. The van der Waals surface area contributed by atoms with Gasteiger partial charge in [-0.1, -0.05) is 97.1 Å². The normalized spacial score (nSPS) is 13.6. The highest BCUT2D eigenvalue weighted by molar-refractivity contribution is 7.27. The first kappa shape index (κ1) is 27.8. The molecule has 0 saturated carbocycles. The molecule has 0 radical (unpaired) electrons. The Bertz CT molecular complexity index is 3390. The molecule has 12 rings (SSSR count). The number of allylic oxidation sites excluding steroid dienone is 3. The second-order valence-corrected chi connectivity index (χ2v) is 15.6. The molecule has 4 heteroatoms. The van der Waals surface area contributed by atoms with Crippen molar-refractivity contribution in [2.24, 2.45) is 0 Å². The Morgan fingerprint density at radius 2 is 1.06 bits per heavy atom. The molecule has 0 atom stereocenters. The Balaban J connectivity index is 1.18. The zero-order chi connectivity index (χ0) is 33.2. The second kappa shape index (κ2) is 10.3. The average Bonchev–Trinajstić information content (AvgIpc) is 3.91. The fourth-order valence-corrected chi connectivity index (χ4v) is 10.9. The highest BCUT2D eigenvalue weighted by atomic mass is 32.1. The van der Waals surface area contributed by atoms with Crippen LogP contribution in [0.3, 0.4) is 0 Å². The lowest BCUT2D eigenvalue weighted by molar-refractivity contribution is 0.603. The first-order valence-electron chi connectivity index (χ1n) is 17.3. The van der Waals surface area contributed by atoms with Crippen LogP contribution in [-0.4, -0.2) is 0 Å². The minimum Gasteiger partial charge on any atom is -0.456 e. The van der Waals surface area contributed by atoms with E-state index in [0.29, 0.717) is 0 Å². The third-order valence-corrected chi connectivity index (χ3v) is 13.2. The Kier molecular flexibility index (Phi) is 5.62. The summed E-state index contributed by atoms with van der Waals surface area (Å²) in [7, 11) is 0. The van der Waals surface area contributed by atoms with Gasteiger partial charge in [-0.15, -0.1) is 22.7 Å². The van der Waals surface area contributed by atoms with Gasteiger partial charge in [0.1, 0.15) is 22.5 Å². The Labute approximate surface area is 299 Å². The average molecular weight is 687 g/mol. The zero-order valence-electron chi connectivity index (χ0n) is 27.2. The molecule has 238 valence electrons. The predicted octanol–water partition coefficient (Wildman–Crippen LogP) is 14.7. The van der Waals surface area contributed by atoms with Crippen molar-refractivity contribution in [1.82, 2.24) is 0 Å². The van der Waals surface area contributed by atoms with Crippen molar-refractivity contribution >= 4 is 136 Å². The van der Waals surface area contributed by atoms with E-state index in [-0.39, 0.29) is 0 Å². The number of thiophene rings is 2. The number of furan rings is 2. The van der Waals surface area contributed by atoms with Gasteiger partial charge in [-0.25, -0.2) is 0 Å². The molecule has 1 aliphatic carbocycles. The number of hydrogen-bond donors (Lipinski definition) is 0. The van der Waals surface area contributed by atoms with E-state index in [1.807, 2.05) is 22.7 Å². The molecule has 11 aromatic rings. The fourth-order valence-electron chi connectivity index (χ4n) is 8.44. The van der Waals surface area contributed by atoms with Gasteiger partial charge >= 0.3 is 0 Å². The predicted molar refractivity (Wildman–Crippen MR) is 222 cm³/mol. The van der Waals surface area contributed by atoms with Crippen LogP contribution in [0.1, 0.15) is 22.5 Å². The van der Waals surface area contributed by atoms with Crippen molar-refractivity contribution in [3.63, 3.8) is 0 Å². The quantitative estimate of drug-likeness (QED) is 0.169. The summed E-state index contributed by atoms with van der Waals surface area (Å²) in [5, 5.41) is 13.4. The lowest BCUT2D eigenvalue weighted by Crippen LogP contribution is -1.86. The maximum absolute atomic E-state index is 6.78. The van der Waals surface area contributed by atoms with Crippen LogP contribution in [0.2, 0.25) is 0 Å². The molecule has 0 N–H and O–H groups in total. The number of rotatable bonds is 2. The van der Waals surface area contributed by atoms with E-state index in [2.05, 4.69) is 146 Å². The summed E-state index contributed by atoms with van der Waals surface area (Å²) in [6.07, 6.45) is 14.0. The largest absolute Gasteiger partial charge is 0.456 e. The molecule has 0 aliphatic heterocycles. The molecule has 1 aliphatic rings. The van der Waals surface area contributed by atoms with Crippen LogP contribution in [0, 0.1) is 0 Å². The van der Waals surface area contributed by atoms with Crippen molar-refractivity contribution < 1.29 is 8.83 Å². The molecule has 2 nitrogen and oxygen atoms in total. The van der Waals surface area contributed by atoms with E-state index in [4.69, 9.17) is 8.83 Å². The van der Waals surface area contributed by atoms with Crippen molar-refractivity contribution in [2.45, 2.75) is 6.42 Å². The van der Waals surface area contributed by atoms with E-state index >= 15 is 0 Å². The molecule has 0 saturated heterocycles. The number of para-hydroxylation sites is 1. The summed E-state index contributed by atoms with van der Waals surface area (Å²) in [5.74, 6) is 0.940. The smallest absolute Gasteiger partial charge is 0.143 e. The van der Waals surface area contributed by atoms with Crippen LogP contribution in [0.25, 0.3) is 113 Å². The van der Waals surface area contributed by atoms with Gasteiger partial charge in [0.25, 0.3) is 0 Å². The molecular formula is C47H26O2S2. The fraction of sp³-hybridized carbons (Fsp3) is 0.0213. The number of hydrogen-bond acceptors (Lipinski definition) is 4. The van der Waals surface area contributed by atoms with Gasteiger partial charge in [0.2, 0.25) is 0 Å². The van der Waals surface area contributed by atoms with Gasteiger partial charge in [-0.05, 0) is 66.1 Å². The minimum absolute atomic E-state index is 0.823. The Hall–Kier alpha value is -5.94. The first-order valence-corrected chi connectivity index (χ1v) is 18.9. The minimum atomic E-state index is 0.823. The molecule has 51 heavy (non-hydrogen) atoms. The number of benzene rings is 7. The van der Waals surface area contributed by atoms with Crippen LogP contribution in [0.4, 0.5) is 0 Å². The van der Waals surface area contributed by atoms with Crippen molar-refractivity contribution in [2.75, 3.05) is 0 Å². The molecule has 0 bridgehead atoms. The molecule has 4 heterocycles. The van der Waals surface area contributed by atoms with Gasteiger partial charge in [0.15, 0.2) is 0 Å². The number of fused-ring (bicyclic) bond motifs is 18. The summed E-state index contributed by atoms with van der Waals surface area (Å²) >= 11 is 3.73. The standard InChI is InChI=1S/C47H26O2S2/c1-2-12-34-38(14-3-1)48-44-30-20-22-32-28-10-5-8-16-40(28)50-46(32)36(30)24-26(42(34)44)18-19-27-25-37-31(45-43(27)35-13-4-7-15-39(35)49-45)21-23-33-29-11-6-9-17-41(29)51-47(33)37/h1-11,13-25H,12H2/b19-18+. The van der Waals surface area contributed by atoms with Crippen molar-refractivity contribution in [3.05, 3.63) is 150 Å². The van der Waals surface area contributed by atoms with E-state index in [1.165, 1.54) is 62.1 Å². The highest BCUT2D eigenvalue weighted by Gasteiger charge is 2.21. The van der Waals surface area contributed by atoms with Crippen LogP contribution in [-0.2, 0) is 6.42 Å². The van der Waals surface area contributed by atoms with Gasteiger partial charge < -0.3 is 8.83 Å². The highest BCUT2D eigenvalue weighted by Crippen LogP contribution is 2.46. The van der Waals surface area contributed by atoms with Crippen LogP contribution in [0.15, 0.2) is 136 Å². The van der Waals surface area contributed by atoms with E-state index < -0.39 is 0 Å². The second-order valence-electron chi connectivity index (χ2n) is 13.5. The zero-order valence-corrected chi connectivity index (χ0v) is 28.8. The maximum atomic E-state index is 6.78. The summed E-state index contributed by atoms with van der Waals surface area (Å²) < 4.78 is 18.7. The van der Waals surface area contributed by atoms with Gasteiger partial charge in [0.05, 0.1) is 0 Å². The summed E-state index contributed by atoms with van der Waals surface area (Å²) in [5.41, 5.74) is 6.35. The topological polar surface area (TPSA) is 26.3 Å².